The monoisotopic (exact) mass is 310 g/mol. The molecule has 0 spiro atoms. The van der Waals surface area contributed by atoms with Gasteiger partial charge < -0.3 is 34.8 Å². The zero-order valence-corrected chi connectivity index (χ0v) is 10.5. The maximum atomic E-state index is 11.1. The molecule has 0 aromatic rings. The summed E-state index contributed by atoms with van der Waals surface area (Å²) in [5, 5.41) is 26.8. The summed E-state index contributed by atoms with van der Waals surface area (Å²) in [5.41, 5.74) is -2.61. The fourth-order valence-corrected chi connectivity index (χ4v) is 2.54. The minimum atomic E-state index is -5.39. The van der Waals surface area contributed by atoms with Crippen LogP contribution in [0.15, 0.2) is 0 Å². The number of aliphatic hydroxyl groups excluding tert-OH is 2. The zero-order chi connectivity index (χ0) is 14.6. The Labute approximate surface area is 100 Å². The first-order valence-electron chi connectivity index (χ1n) is 4.17. The summed E-state index contributed by atoms with van der Waals surface area (Å²) in [6.45, 7) is -2.44. The molecule has 108 valence electrons. The van der Waals surface area contributed by atoms with E-state index in [2.05, 4.69) is 8.83 Å². The molecule has 0 radical (unpaired) electrons. The van der Waals surface area contributed by atoms with Crippen molar-refractivity contribution in [3.63, 3.8) is 0 Å². The van der Waals surface area contributed by atoms with E-state index in [9.17, 15) is 19.0 Å². The van der Waals surface area contributed by atoms with Crippen molar-refractivity contribution in [2.24, 2.45) is 0 Å². The molecular weight excluding hydrogens is 298 g/mol. The van der Waals surface area contributed by atoms with E-state index in [1.54, 1.807) is 0 Å². The number of hydrogen-bond donors (Lipinski definition) is 6. The number of aldehydes is 1. The van der Waals surface area contributed by atoms with E-state index in [0.717, 1.165) is 0 Å². The van der Waals surface area contributed by atoms with Crippen LogP contribution in [0.1, 0.15) is 0 Å². The fourth-order valence-electron chi connectivity index (χ4n) is 0.777. The third kappa shape index (κ3) is 5.63. The Hall–Kier alpha value is -0.190. The molecule has 0 fully saturated rings. The van der Waals surface area contributed by atoms with Crippen LogP contribution in [0, 0.1) is 0 Å². The highest BCUT2D eigenvalue weighted by molar-refractivity contribution is 7.60. The van der Waals surface area contributed by atoms with Gasteiger partial charge in [0.15, 0.2) is 12.4 Å². The van der Waals surface area contributed by atoms with Crippen molar-refractivity contribution in [1.29, 1.82) is 0 Å². The molecular formula is C5H12O11P2. The predicted octanol–water partition coefficient (Wildman–Crippen LogP) is -2.50. The zero-order valence-electron chi connectivity index (χ0n) is 8.69. The van der Waals surface area contributed by atoms with Gasteiger partial charge in [-0.2, -0.15) is 4.31 Å². The lowest BCUT2D eigenvalue weighted by Crippen LogP contribution is -2.50. The van der Waals surface area contributed by atoms with Gasteiger partial charge in [-0.1, -0.05) is 0 Å². The van der Waals surface area contributed by atoms with Crippen LogP contribution in [0.2, 0.25) is 0 Å². The van der Waals surface area contributed by atoms with Crippen molar-refractivity contribution in [3.05, 3.63) is 0 Å². The molecule has 18 heavy (non-hydrogen) atoms. The molecule has 2 atom stereocenters. The summed E-state index contributed by atoms with van der Waals surface area (Å²) < 4.78 is 28.7. The topological polar surface area (TPSA) is 191 Å². The van der Waals surface area contributed by atoms with E-state index >= 15 is 0 Å². The molecule has 0 saturated carbocycles. The van der Waals surface area contributed by atoms with E-state index in [1.165, 1.54) is 0 Å². The first-order chi connectivity index (χ1) is 7.99. The van der Waals surface area contributed by atoms with E-state index in [4.69, 9.17) is 24.9 Å². The van der Waals surface area contributed by atoms with Crippen LogP contribution in [0.4, 0.5) is 0 Å². The Morgan fingerprint density at radius 3 is 1.89 bits per heavy atom. The van der Waals surface area contributed by atoms with Crippen molar-refractivity contribution < 1.29 is 52.8 Å². The van der Waals surface area contributed by atoms with Gasteiger partial charge in [0.1, 0.15) is 5.60 Å². The molecule has 0 heterocycles. The minimum absolute atomic E-state index is 0.252. The third-order valence-electron chi connectivity index (χ3n) is 1.66. The number of hydrogen-bond acceptors (Lipinski definition) is 8. The van der Waals surface area contributed by atoms with E-state index in [-0.39, 0.29) is 6.29 Å². The molecule has 0 saturated heterocycles. The summed E-state index contributed by atoms with van der Waals surface area (Å²) in [5.74, 6) is 0. The van der Waals surface area contributed by atoms with Crippen molar-refractivity contribution >= 4 is 21.9 Å². The molecule has 0 aromatic carbocycles. The highest BCUT2D eigenvalue weighted by Gasteiger charge is 2.44. The second kappa shape index (κ2) is 6.31. The van der Waals surface area contributed by atoms with Crippen LogP contribution in [0.5, 0.6) is 0 Å². The van der Waals surface area contributed by atoms with Gasteiger partial charge in [-0.05, 0) is 0 Å². The molecule has 1 unspecified atom stereocenters. The lowest BCUT2D eigenvalue weighted by atomic mass is 10.0. The number of carbonyl (C=O) groups is 1. The molecule has 0 aromatic heterocycles. The second-order valence-electron chi connectivity index (χ2n) is 3.12. The predicted molar refractivity (Wildman–Crippen MR) is 53.0 cm³/mol. The van der Waals surface area contributed by atoms with Crippen molar-refractivity contribution in [3.8, 4) is 0 Å². The lowest BCUT2D eigenvalue weighted by molar-refractivity contribution is -0.145. The number of aliphatic hydroxyl groups is 3. The lowest BCUT2D eigenvalue weighted by Gasteiger charge is -2.29. The highest BCUT2D eigenvalue weighted by Crippen LogP contribution is 2.58. The Morgan fingerprint density at radius 2 is 1.61 bits per heavy atom. The van der Waals surface area contributed by atoms with Gasteiger partial charge in [0.05, 0.1) is 13.2 Å². The molecule has 0 rings (SSSR count). The largest absolute Gasteiger partial charge is 0.481 e. The molecule has 0 aliphatic rings. The maximum absolute atomic E-state index is 11.1. The van der Waals surface area contributed by atoms with Crippen LogP contribution in [-0.2, 0) is 22.8 Å². The summed E-state index contributed by atoms with van der Waals surface area (Å²) in [4.78, 5) is 36.0. The van der Waals surface area contributed by atoms with Gasteiger partial charge in [-0.3, -0.25) is 4.52 Å². The van der Waals surface area contributed by atoms with Crippen LogP contribution >= 0.6 is 15.6 Å². The SMILES string of the molecule is O=C[C@H](OP(=O)(O)OP(=O)(O)O)C(O)(CO)CO. The molecule has 0 bridgehead atoms. The van der Waals surface area contributed by atoms with Crippen LogP contribution in [0.3, 0.4) is 0 Å². The summed E-state index contributed by atoms with van der Waals surface area (Å²) in [6.07, 6.45) is -2.49. The van der Waals surface area contributed by atoms with Crippen LogP contribution in [-0.4, -0.2) is 61.2 Å². The standard InChI is InChI=1S/C5H12O11P2/c6-1-4(5(9,2-7)3-8)15-18(13,14)16-17(10,11)12/h1,4,7-9H,2-3H2,(H,13,14)(H2,10,11,12)/t4-/m0/s1. The minimum Gasteiger partial charge on any atom is -0.393 e. The number of phosphoric ester groups is 1. The van der Waals surface area contributed by atoms with Gasteiger partial charge in [0, 0.05) is 0 Å². The van der Waals surface area contributed by atoms with Gasteiger partial charge in [-0.15, -0.1) is 0 Å². The number of carbonyl (C=O) groups excluding carboxylic acids is 1. The van der Waals surface area contributed by atoms with Gasteiger partial charge in [0.2, 0.25) is 0 Å². The second-order valence-corrected chi connectivity index (χ2v) is 5.90. The summed E-state index contributed by atoms with van der Waals surface area (Å²) >= 11 is 0. The Balaban J connectivity index is 4.99. The highest BCUT2D eigenvalue weighted by atomic mass is 31.3. The van der Waals surface area contributed by atoms with E-state index in [0.29, 0.717) is 0 Å². The fraction of sp³-hybridized carbons (Fsp3) is 0.800. The molecule has 6 N–H and O–H groups in total. The van der Waals surface area contributed by atoms with Crippen molar-refractivity contribution in [2.45, 2.75) is 11.7 Å². The smallest absolute Gasteiger partial charge is 0.393 e. The van der Waals surface area contributed by atoms with Gasteiger partial charge >= 0.3 is 15.6 Å². The molecule has 11 nitrogen and oxygen atoms in total. The molecule has 13 heteroatoms. The third-order valence-corrected chi connectivity index (χ3v) is 3.83. The summed E-state index contributed by atoms with van der Waals surface area (Å²) in [6, 6.07) is 0. The van der Waals surface area contributed by atoms with Crippen LogP contribution in [0.25, 0.3) is 0 Å². The van der Waals surface area contributed by atoms with Crippen molar-refractivity contribution in [2.75, 3.05) is 13.2 Å². The first-order valence-corrected chi connectivity index (χ1v) is 7.20. The Kier molecular flexibility index (Phi) is 6.24. The van der Waals surface area contributed by atoms with E-state index < -0.39 is 40.6 Å². The quantitative estimate of drug-likeness (QED) is 0.205. The summed E-state index contributed by atoms with van der Waals surface area (Å²) in [7, 11) is -10.8. The van der Waals surface area contributed by atoms with Crippen molar-refractivity contribution in [1.82, 2.24) is 0 Å². The Morgan fingerprint density at radius 1 is 1.17 bits per heavy atom. The number of rotatable bonds is 8. The van der Waals surface area contributed by atoms with Gasteiger partial charge in [-0.25, -0.2) is 9.13 Å². The average molecular weight is 310 g/mol. The van der Waals surface area contributed by atoms with Gasteiger partial charge in [0.25, 0.3) is 0 Å². The molecule has 0 aliphatic carbocycles. The van der Waals surface area contributed by atoms with E-state index in [1.807, 2.05) is 0 Å². The number of phosphoric acid groups is 2. The normalized spacial score (nSPS) is 18.1. The molecule has 0 amide bonds. The Bertz CT molecular complexity index is 370. The van der Waals surface area contributed by atoms with Crippen LogP contribution < -0.4 is 0 Å². The maximum Gasteiger partial charge on any atom is 0.481 e. The first kappa shape index (κ1) is 17.8. The molecule has 0 aliphatic heterocycles. The average Bonchev–Trinajstić information content (AvgIpc) is 2.21.